The summed E-state index contributed by atoms with van der Waals surface area (Å²) in [7, 11) is 7.70. The lowest BCUT2D eigenvalue weighted by Gasteiger charge is -2.10. The summed E-state index contributed by atoms with van der Waals surface area (Å²) in [4.78, 5) is 42.4. The minimum Gasteiger partial charge on any atom is -0.480 e. The van der Waals surface area contributed by atoms with E-state index in [0.717, 1.165) is 0 Å². The van der Waals surface area contributed by atoms with Crippen LogP contribution in [0.2, 0.25) is 0 Å². The van der Waals surface area contributed by atoms with E-state index in [1.54, 1.807) is 0 Å². The van der Waals surface area contributed by atoms with Gasteiger partial charge in [0.2, 0.25) is 0 Å². The van der Waals surface area contributed by atoms with Crippen LogP contribution in [0.3, 0.4) is 0 Å². The van der Waals surface area contributed by atoms with E-state index in [9.17, 15) is 19.2 Å². The molecule has 0 saturated carbocycles. The molecule has 0 heterocycles. The van der Waals surface area contributed by atoms with Gasteiger partial charge in [0, 0.05) is 23.0 Å². The van der Waals surface area contributed by atoms with Gasteiger partial charge in [-0.2, -0.15) is 0 Å². The van der Waals surface area contributed by atoms with Crippen LogP contribution in [0.4, 0.5) is 0 Å². The molecular formula is C14H30Cl2N4O8S4. The summed E-state index contributed by atoms with van der Waals surface area (Å²) >= 11 is 0. The monoisotopic (exact) mass is 580 g/mol. The highest BCUT2D eigenvalue weighted by Crippen LogP contribution is 2.23. The van der Waals surface area contributed by atoms with Gasteiger partial charge in [0.15, 0.2) is 0 Å². The SMILES string of the molecule is COC(=O)[C@@H](N)CSSC[C@H](N)C(=O)OC.Cl.Cl.N[C@H](CSSC[C@@H](N)C(=O)O)C(=O)O. The maximum absolute atomic E-state index is 10.9. The van der Waals surface area contributed by atoms with Crippen LogP contribution in [-0.2, 0) is 28.7 Å². The number of aliphatic carboxylic acids is 2. The largest absolute Gasteiger partial charge is 0.480 e. The highest BCUT2D eigenvalue weighted by atomic mass is 35.5. The van der Waals surface area contributed by atoms with Gasteiger partial charge in [0.05, 0.1) is 14.2 Å². The number of carboxylic acids is 2. The van der Waals surface area contributed by atoms with Crippen molar-refractivity contribution in [2.75, 3.05) is 37.2 Å². The topological polar surface area (TPSA) is 231 Å². The normalized spacial score (nSPS) is 13.4. The van der Waals surface area contributed by atoms with Crippen LogP contribution in [0.15, 0.2) is 0 Å². The second-order valence-corrected chi connectivity index (χ2v) is 10.4. The van der Waals surface area contributed by atoms with E-state index in [1.807, 2.05) is 0 Å². The number of hydrogen-bond donors (Lipinski definition) is 6. The van der Waals surface area contributed by atoms with E-state index in [-0.39, 0.29) is 36.3 Å². The molecule has 32 heavy (non-hydrogen) atoms. The molecule has 4 atom stereocenters. The molecule has 0 aromatic heterocycles. The van der Waals surface area contributed by atoms with Crippen molar-refractivity contribution in [1.29, 1.82) is 0 Å². The summed E-state index contributed by atoms with van der Waals surface area (Å²) in [6.45, 7) is 0. The molecule has 0 unspecified atom stereocenters. The number of carbonyl (C=O) groups is 4. The van der Waals surface area contributed by atoms with Crippen molar-refractivity contribution in [3.05, 3.63) is 0 Å². The Labute approximate surface area is 214 Å². The lowest BCUT2D eigenvalue weighted by molar-refractivity contribution is -0.142. The average molecular weight is 582 g/mol. The summed E-state index contributed by atoms with van der Waals surface area (Å²) in [5.74, 6) is -1.77. The zero-order valence-corrected chi connectivity index (χ0v) is 22.1. The molecule has 0 amide bonds. The maximum atomic E-state index is 10.9. The van der Waals surface area contributed by atoms with Gasteiger partial charge in [-0.05, 0) is 0 Å². The highest BCUT2D eigenvalue weighted by molar-refractivity contribution is 8.77. The third-order valence-electron chi connectivity index (χ3n) is 2.80. The van der Waals surface area contributed by atoms with Crippen LogP contribution in [0, 0.1) is 0 Å². The first kappa shape index (κ1) is 38.9. The zero-order valence-electron chi connectivity index (χ0n) is 17.2. The Bertz CT molecular complexity index is 511. The Hall–Kier alpha value is -0.300. The standard InChI is InChI=1S/C8H16N2O4S2.C6H12N2O4S2.2ClH/c1-13-7(11)5(9)3-15-16-4-6(10)8(12)14-2;7-3(5(9)10)1-13-14-2-4(8)6(11)12;;/h5-6H,3-4,9-10H2,1-2H3;3-4H,1-2,7-8H2,(H,9,10)(H,11,12);2*1H/t5-,6-;3-,4-;;/m01../s1. The van der Waals surface area contributed by atoms with E-state index in [1.165, 1.54) is 57.4 Å². The molecule has 0 bridgehead atoms. The van der Waals surface area contributed by atoms with Crippen LogP contribution in [0.1, 0.15) is 0 Å². The summed E-state index contributed by atoms with van der Waals surface area (Å²) in [6, 6.07) is -3.16. The Balaban J connectivity index is -0.000000232. The van der Waals surface area contributed by atoms with Gasteiger partial charge in [0.25, 0.3) is 0 Å². The predicted molar refractivity (Wildman–Crippen MR) is 136 cm³/mol. The van der Waals surface area contributed by atoms with E-state index >= 15 is 0 Å². The minimum atomic E-state index is -1.07. The smallest absolute Gasteiger partial charge is 0.323 e. The van der Waals surface area contributed by atoms with Crippen molar-refractivity contribution >= 4 is 91.9 Å². The zero-order chi connectivity index (χ0) is 23.7. The van der Waals surface area contributed by atoms with Crippen molar-refractivity contribution in [2.24, 2.45) is 22.9 Å². The van der Waals surface area contributed by atoms with E-state index < -0.39 is 48.0 Å². The quantitative estimate of drug-likeness (QED) is 0.0854. The van der Waals surface area contributed by atoms with Crippen LogP contribution >= 0.6 is 68.0 Å². The minimum absolute atomic E-state index is 0. The van der Waals surface area contributed by atoms with E-state index in [4.69, 9.17) is 33.1 Å². The summed E-state index contributed by atoms with van der Waals surface area (Å²) in [6.07, 6.45) is 0. The molecule has 10 N–H and O–H groups in total. The molecule has 0 aliphatic heterocycles. The third kappa shape index (κ3) is 21.5. The molecule has 0 aliphatic carbocycles. The molecule has 192 valence electrons. The van der Waals surface area contributed by atoms with Crippen molar-refractivity contribution in [3.63, 3.8) is 0 Å². The number of methoxy groups -OCH3 is 2. The van der Waals surface area contributed by atoms with Crippen LogP contribution in [0.25, 0.3) is 0 Å². The first-order valence-electron chi connectivity index (χ1n) is 8.10. The highest BCUT2D eigenvalue weighted by Gasteiger charge is 2.16. The second-order valence-electron chi connectivity index (χ2n) is 5.29. The fourth-order valence-corrected chi connectivity index (χ4v) is 5.51. The number of carboxylic acid groups (broad SMARTS) is 2. The van der Waals surface area contributed by atoms with Gasteiger partial charge in [0.1, 0.15) is 24.2 Å². The number of esters is 2. The van der Waals surface area contributed by atoms with E-state index in [2.05, 4.69) is 9.47 Å². The van der Waals surface area contributed by atoms with Crippen molar-refractivity contribution in [2.45, 2.75) is 24.2 Å². The lowest BCUT2D eigenvalue weighted by Crippen LogP contribution is -2.34. The Kier molecular flexibility index (Phi) is 29.0. The molecule has 0 spiro atoms. The Morgan fingerprint density at radius 2 is 0.844 bits per heavy atom. The molecule has 0 rings (SSSR count). The fraction of sp³-hybridized carbons (Fsp3) is 0.714. The van der Waals surface area contributed by atoms with E-state index in [0.29, 0.717) is 11.5 Å². The second kappa shape index (κ2) is 23.8. The summed E-state index contributed by atoms with van der Waals surface area (Å²) < 4.78 is 8.92. The van der Waals surface area contributed by atoms with Crippen LogP contribution in [0.5, 0.6) is 0 Å². The van der Waals surface area contributed by atoms with Gasteiger partial charge in [-0.25, -0.2) is 0 Å². The molecular weight excluding hydrogens is 551 g/mol. The van der Waals surface area contributed by atoms with Crippen molar-refractivity contribution in [3.8, 4) is 0 Å². The number of halogens is 2. The maximum Gasteiger partial charge on any atom is 0.323 e. The molecule has 0 fully saturated rings. The number of hydrogen-bond acceptors (Lipinski definition) is 14. The number of carbonyl (C=O) groups excluding carboxylic acids is 2. The summed E-state index contributed by atoms with van der Waals surface area (Å²) in [5, 5.41) is 16.8. The third-order valence-corrected chi connectivity index (χ3v) is 7.75. The van der Waals surface area contributed by atoms with Gasteiger partial charge in [-0.3, -0.25) is 19.2 Å². The Morgan fingerprint density at radius 1 is 0.625 bits per heavy atom. The van der Waals surface area contributed by atoms with Gasteiger partial charge in [-0.1, -0.05) is 43.2 Å². The number of rotatable bonds is 14. The van der Waals surface area contributed by atoms with Gasteiger partial charge in [-0.15, -0.1) is 24.8 Å². The Morgan fingerprint density at radius 3 is 1.03 bits per heavy atom. The molecule has 0 radical (unpaired) electrons. The number of nitrogens with two attached hydrogens (primary N) is 4. The van der Waals surface area contributed by atoms with Gasteiger partial charge < -0.3 is 42.6 Å². The molecule has 0 aromatic carbocycles. The fourth-order valence-electron chi connectivity index (χ4n) is 1.07. The first-order valence-corrected chi connectivity index (χ1v) is 13.1. The predicted octanol–water partition coefficient (Wildman–Crippen LogP) is -0.596. The van der Waals surface area contributed by atoms with Gasteiger partial charge >= 0.3 is 23.9 Å². The number of ether oxygens (including phenoxy) is 2. The summed E-state index contributed by atoms with van der Waals surface area (Å²) in [5.41, 5.74) is 21.4. The average Bonchev–Trinajstić information content (AvgIpc) is 2.72. The molecule has 0 saturated heterocycles. The molecule has 18 heteroatoms. The van der Waals surface area contributed by atoms with Crippen LogP contribution < -0.4 is 22.9 Å². The lowest BCUT2D eigenvalue weighted by atomic mass is 10.4. The van der Waals surface area contributed by atoms with Crippen molar-refractivity contribution in [1.82, 2.24) is 0 Å². The van der Waals surface area contributed by atoms with Crippen molar-refractivity contribution < 1.29 is 38.9 Å². The first-order chi connectivity index (χ1) is 14.0. The molecule has 12 nitrogen and oxygen atoms in total. The van der Waals surface area contributed by atoms with Crippen LogP contribution in [-0.4, -0.2) is 95.5 Å². The molecule has 0 aliphatic rings. The molecule has 0 aromatic rings.